The first-order chi connectivity index (χ1) is 12.8. The second-order valence-electron chi connectivity index (χ2n) is 8.74. The molecule has 3 atom stereocenters. The molecule has 0 bridgehead atoms. The van der Waals surface area contributed by atoms with E-state index in [9.17, 15) is 4.79 Å². The van der Waals surface area contributed by atoms with Crippen LogP contribution in [-0.2, 0) is 21.4 Å². The van der Waals surface area contributed by atoms with Crippen LogP contribution in [0.15, 0.2) is 24.3 Å². The van der Waals surface area contributed by atoms with E-state index in [4.69, 9.17) is 4.74 Å². The number of amides is 1. The number of rotatable bonds is 1. The summed E-state index contributed by atoms with van der Waals surface area (Å²) in [6, 6.07) is 9.34. The van der Waals surface area contributed by atoms with E-state index in [2.05, 4.69) is 34.5 Å². The molecule has 1 spiro atoms. The van der Waals surface area contributed by atoms with Crippen LogP contribution in [-0.4, -0.2) is 49.2 Å². The number of aryl methyl sites for hydroxylation is 1. The number of fused-ring (bicyclic) bond motifs is 3. The Labute approximate surface area is 156 Å². The van der Waals surface area contributed by atoms with Crippen molar-refractivity contribution in [2.45, 2.75) is 62.5 Å². The topological polar surface area (TPSA) is 41.6 Å². The van der Waals surface area contributed by atoms with Crippen LogP contribution < -0.4 is 5.32 Å². The van der Waals surface area contributed by atoms with Crippen LogP contribution in [0, 0.1) is 5.92 Å². The molecule has 2 heterocycles. The van der Waals surface area contributed by atoms with Crippen molar-refractivity contribution >= 4 is 5.91 Å². The lowest BCUT2D eigenvalue weighted by Gasteiger charge is -2.43. The zero-order valence-electron chi connectivity index (χ0n) is 15.6. The summed E-state index contributed by atoms with van der Waals surface area (Å²) >= 11 is 0. The van der Waals surface area contributed by atoms with E-state index >= 15 is 0 Å². The Balaban J connectivity index is 1.23. The van der Waals surface area contributed by atoms with Crippen LogP contribution in [0.1, 0.15) is 49.7 Å². The highest BCUT2D eigenvalue weighted by Crippen LogP contribution is 2.46. The molecule has 1 aromatic carbocycles. The molecule has 2 aliphatic heterocycles. The van der Waals surface area contributed by atoms with Crippen molar-refractivity contribution in [3.63, 3.8) is 0 Å². The van der Waals surface area contributed by atoms with Crippen LogP contribution in [0.3, 0.4) is 0 Å². The van der Waals surface area contributed by atoms with E-state index < -0.39 is 0 Å². The predicted octanol–water partition coefficient (Wildman–Crippen LogP) is 2.65. The lowest BCUT2D eigenvalue weighted by molar-refractivity contribution is -0.140. The molecular formula is C22H30N2O2. The smallest absolute Gasteiger partial charge is 0.225 e. The summed E-state index contributed by atoms with van der Waals surface area (Å²) in [6.07, 6.45) is 8.04. The van der Waals surface area contributed by atoms with Crippen LogP contribution in [0.2, 0.25) is 0 Å². The zero-order valence-corrected chi connectivity index (χ0v) is 15.6. The molecule has 0 unspecified atom stereocenters. The largest absolute Gasteiger partial charge is 0.375 e. The van der Waals surface area contributed by atoms with Gasteiger partial charge in [0.15, 0.2) is 0 Å². The standard InChI is InChI=1S/C22H30N2O2/c25-21(17-5-6-20-19(15-17)23-11-14-26-20)24-12-9-22(10-13-24)8-7-16-3-1-2-4-18(16)22/h1-4,17,19-20,23H,5-15H2/t17-,19+,20+/m0/s1. The summed E-state index contributed by atoms with van der Waals surface area (Å²) < 4.78 is 5.86. The van der Waals surface area contributed by atoms with E-state index in [1.54, 1.807) is 5.56 Å². The number of piperidine rings is 1. The molecule has 1 amide bonds. The van der Waals surface area contributed by atoms with Gasteiger partial charge < -0.3 is 15.0 Å². The van der Waals surface area contributed by atoms with Gasteiger partial charge in [0.25, 0.3) is 0 Å². The van der Waals surface area contributed by atoms with Gasteiger partial charge in [-0.1, -0.05) is 24.3 Å². The first kappa shape index (κ1) is 16.8. The highest BCUT2D eigenvalue weighted by atomic mass is 16.5. The molecule has 3 fully saturated rings. The Hall–Kier alpha value is -1.39. The number of likely N-dealkylation sites (tertiary alicyclic amines) is 1. The third-order valence-corrected chi connectivity index (χ3v) is 7.47. The zero-order chi connectivity index (χ0) is 17.6. The number of nitrogens with zero attached hydrogens (tertiary/aromatic N) is 1. The van der Waals surface area contributed by atoms with Crippen LogP contribution >= 0.6 is 0 Å². The van der Waals surface area contributed by atoms with Gasteiger partial charge in [-0.2, -0.15) is 0 Å². The average molecular weight is 354 g/mol. The van der Waals surface area contributed by atoms with Gasteiger partial charge in [0, 0.05) is 31.6 Å². The van der Waals surface area contributed by atoms with Crippen molar-refractivity contribution in [3.05, 3.63) is 35.4 Å². The van der Waals surface area contributed by atoms with Crippen LogP contribution in [0.25, 0.3) is 0 Å². The maximum absolute atomic E-state index is 13.1. The minimum Gasteiger partial charge on any atom is -0.375 e. The van der Waals surface area contributed by atoms with Crippen molar-refractivity contribution in [3.8, 4) is 0 Å². The lowest BCUT2D eigenvalue weighted by Crippen LogP contribution is -2.54. The van der Waals surface area contributed by atoms with Gasteiger partial charge in [0.1, 0.15) is 0 Å². The molecule has 4 heteroatoms. The Morgan fingerprint density at radius 1 is 1.15 bits per heavy atom. The van der Waals surface area contributed by atoms with Crippen molar-refractivity contribution < 1.29 is 9.53 Å². The fourth-order valence-corrected chi connectivity index (χ4v) is 5.93. The van der Waals surface area contributed by atoms with E-state index in [-0.39, 0.29) is 5.92 Å². The first-order valence-corrected chi connectivity index (χ1v) is 10.5. The van der Waals surface area contributed by atoms with Gasteiger partial charge in [0.2, 0.25) is 5.91 Å². The number of carbonyl (C=O) groups is 1. The molecule has 1 aromatic rings. The molecule has 5 rings (SSSR count). The van der Waals surface area contributed by atoms with E-state index in [0.29, 0.717) is 23.5 Å². The van der Waals surface area contributed by atoms with Crippen molar-refractivity contribution in [1.82, 2.24) is 10.2 Å². The molecule has 2 aliphatic carbocycles. The van der Waals surface area contributed by atoms with Gasteiger partial charge in [0.05, 0.1) is 12.7 Å². The second kappa shape index (κ2) is 6.65. The SMILES string of the molecule is O=C([C@H]1CC[C@H]2OCCN[C@@H]2C1)N1CCC2(CCc3ccccc32)CC1. The van der Waals surface area contributed by atoms with Gasteiger partial charge in [-0.3, -0.25) is 4.79 Å². The maximum atomic E-state index is 13.1. The summed E-state index contributed by atoms with van der Waals surface area (Å²) in [7, 11) is 0. The number of carbonyl (C=O) groups excluding carboxylic acids is 1. The fraction of sp³-hybridized carbons (Fsp3) is 0.682. The Morgan fingerprint density at radius 2 is 2.00 bits per heavy atom. The molecule has 4 aliphatic rings. The Bertz CT molecular complexity index is 680. The number of nitrogens with one attached hydrogen (secondary N) is 1. The molecule has 26 heavy (non-hydrogen) atoms. The molecule has 0 radical (unpaired) electrons. The van der Waals surface area contributed by atoms with Gasteiger partial charge in [-0.25, -0.2) is 0 Å². The molecule has 2 saturated heterocycles. The molecular weight excluding hydrogens is 324 g/mol. The number of hydrogen-bond donors (Lipinski definition) is 1. The Kier molecular flexibility index (Phi) is 4.29. The molecule has 0 aromatic heterocycles. The summed E-state index contributed by atoms with van der Waals surface area (Å²) in [5.74, 6) is 0.590. The Morgan fingerprint density at radius 3 is 2.88 bits per heavy atom. The quantitative estimate of drug-likeness (QED) is 0.843. The van der Waals surface area contributed by atoms with E-state index in [1.165, 1.54) is 18.4 Å². The van der Waals surface area contributed by atoms with E-state index in [0.717, 1.165) is 58.3 Å². The van der Waals surface area contributed by atoms with Crippen molar-refractivity contribution in [1.29, 1.82) is 0 Å². The number of hydrogen-bond acceptors (Lipinski definition) is 3. The normalized spacial score (nSPS) is 32.9. The third-order valence-electron chi connectivity index (χ3n) is 7.47. The number of morpholine rings is 1. The highest BCUT2D eigenvalue weighted by molar-refractivity contribution is 5.79. The second-order valence-corrected chi connectivity index (χ2v) is 8.74. The van der Waals surface area contributed by atoms with Gasteiger partial charge in [-0.15, -0.1) is 0 Å². The lowest BCUT2D eigenvalue weighted by atomic mass is 9.73. The molecule has 140 valence electrons. The minimum absolute atomic E-state index is 0.190. The van der Waals surface area contributed by atoms with Crippen molar-refractivity contribution in [2.75, 3.05) is 26.2 Å². The van der Waals surface area contributed by atoms with Gasteiger partial charge in [-0.05, 0) is 61.5 Å². The minimum atomic E-state index is 0.190. The molecule has 1 saturated carbocycles. The number of benzene rings is 1. The molecule has 1 N–H and O–H groups in total. The summed E-state index contributed by atoms with van der Waals surface area (Å²) in [5.41, 5.74) is 3.44. The highest BCUT2D eigenvalue weighted by Gasteiger charge is 2.43. The van der Waals surface area contributed by atoms with Crippen molar-refractivity contribution in [2.24, 2.45) is 5.92 Å². The van der Waals surface area contributed by atoms with E-state index in [1.807, 2.05) is 0 Å². The average Bonchev–Trinajstić information content (AvgIpc) is 3.06. The number of ether oxygens (including phenoxy) is 1. The summed E-state index contributed by atoms with van der Waals surface area (Å²) in [4.78, 5) is 15.3. The fourth-order valence-electron chi connectivity index (χ4n) is 5.93. The summed E-state index contributed by atoms with van der Waals surface area (Å²) in [6.45, 7) is 3.60. The van der Waals surface area contributed by atoms with Crippen LogP contribution in [0.5, 0.6) is 0 Å². The molecule has 4 nitrogen and oxygen atoms in total. The predicted molar refractivity (Wildman–Crippen MR) is 101 cm³/mol. The van der Waals surface area contributed by atoms with Crippen LogP contribution in [0.4, 0.5) is 0 Å². The van der Waals surface area contributed by atoms with Gasteiger partial charge >= 0.3 is 0 Å². The monoisotopic (exact) mass is 354 g/mol. The summed E-state index contributed by atoms with van der Waals surface area (Å²) in [5, 5.41) is 3.56. The third kappa shape index (κ3) is 2.78. The first-order valence-electron chi connectivity index (χ1n) is 10.5. The maximum Gasteiger partial charge on any atom is 0.225 e.